The van der Waals surface area contributed by atoms with Crippen molar-refractivity contribution >= 4 is 38.2 Å². The zero-order valence-corrected chi connectivity index (χ0v) is 24.8. The van der Waals surface area contributed by atoms with Gasteiger partial charge in [0.05, 0.1) is 29.1 Å². The second-order valence-corrected chi connectivity index (χ2v) is 12.9. The maximum absolute atomic E-state index is 15.6. The number of hydrogen-bond acceptors (Lipinski definition) is 8. The highest BCUT2D eigenvalue weighted by molar-refractivity contribution is 7.92. The highest BCUT2D eigenvalue weighted by Crippen LogP contribution is 2.57. The molecule has 2 N–H and O–H groups in total. The van der Waals surface area contributed by atoms with Gasteiger partial charge in [0.2, 0.25) is 21.8 Å². The predicted octanol–water partition coefficient (Wildman–Crippen LogP) is 3.84. The van der Waals surface area contributed by atoms with Crippen LogP contribution in [0, 0.1) is 11.7 Å². The maximum Gasteiger partial charge on any atom is 0.238 e. The van der Waals surface area contributed by atoms with Crippen molar-refractivity contribution in [3.05, 3.63) is 42.0 Å². The number of carbonyl (C=O) groups is 1. The third-order valence-corrected chi connectivity index (χ3v) is 8.26. The molecule has 0 unspecified atom stereocenters. The van der Waals surface area contributed by atoms with Crippen molar-refractivity contribution in [1.29, 1.82) is 0 Å². The van der Waals surface area contributed by atoms with Gasteiger partial charge in [0.1, 0.15) is 18.1 Å². The van der Waals surface area contributed by atoms with Gasteiger partial charge in [-0.2, -0.15) is 0 Å². The molecule has 0 saturated heterocycles. The van der Waals surface area contributed by atoms with Crippen molar-refractivity contribution in [2.75, 3.05) is 49.3 Å². The number of pyridine rings is 2. The van der Waals surface area contributed by atoms with Crippen LogP contribution in [-0.2, 0) is 25.0 Å². The molecule has 3 aromatic rings. The number of fused-ring (bicyclic) bond motifs is 4. The normalized spacial score (nSPS) is 20.1. The zero-order chi connectivity index (χ0) is 29.5. The van der Waals surface area contributed by atoms with Crippen molar-refractivity contribution in [2.24, 2.45) is 5.92 Å². The van der Waals surface area contributed by atoms with Gasteiger partial charge in [-0.25, -0.2) is 17.8 Å². The summed E-state index contributed by atoms with van der Waals surface area (Å²) in [5.41, 5.74) is 1.98. The first-order valence-electron chi connectivity index (χ1n) is 13.8. The van der Waals surface area contributed by atoms with Crippen molar-refractivity contribution in [3.63, 3.8) is 0 Å². The molecule has 2 aromatic heterocycles. The number of halogens is 1. The average molecular weight is 586 g/mol. The predicted molar refractivity (Wildman–Crippen MR) is 156 cm³/mol. The Morgan fingerprint density at radius 2 is 1.95 bits per heavy atom. The van der Waals surface area contributed by atoms with Crippen molar-refractivity contribution < 1.29 is 27.1 Å². The molecule has 1 aliphatic carbocycles. The van der Waals surface area contributed by atoms with E-state index < -0.39 is 21.3 Å². The van der Waals surface area contributed by atoms with Crippen molar-refractivity contribution in [2.45, 2.75) is 45.1 Å². The number of nitrogens with zero attached hydrogens (tertiary/aromatic N) is 3. The van der Waals surface area contributed by atoms with Crippen LogP contribution < -0.4 is 19.7 Å². The van der Waals surface area contributed by atoms with Crippen molar-refractivity contribution in [1.82, 2.24) is 15.3 Å². The number of hydrogen-bond donors (Lipinski definition) is 2. The van der Waals surface area contributed by atoms with Crippen LogP contribution in [0.1, 0.15) is 39.2 Å². The highest BCUT2D eigenvalue weighted by Gasteiger charge is 2.58. The molecule has 0 atom stereocenters. The molecule has 1 spiro atoms. The van der Waals surface area contributed by atoms with Gasteiger partial charge < -0.3 is 19.7 Å². The summed E-state index contributed by atoms with van der Waals surface area (Å²) in [5, 5.41) is 3.90. The fraction of sp³-hybridized carbons (Fsp3) is 0.483. The molecule has 12 heteroatoms. The number of ether oxygens (including phenoxy) is 2. The third kappa shape index (κ3) is 5.60. The Balaban J connectivity index is 1.56. The molecule has 41 heavy (non-hydrogen) atoms. The van der Waals surface area contributed by atoms with Crippen LogP contribution >= 0.6 is 0 Å². The molecular formula is C29H36FN5O5S. The van der Waals surface area contributed by atoms with Crippen LogP contribution in [0.15, 0.2) is 30.6 Å². The number of carbonyl (C=O) groups excluding carboxylic acids is 1. The largest absolute Gasteiger partial charge is 0.475 e. The van der Waals surface area contributed by atoms with Gasteiger partial charge in [-0.05, 0) is 37.8 Å². The van der Waals surface area contributed by atoms with Gasteiger partial charge >= 0.3 is 0 Å². The first-order valence-corrected chi connectivity index (χ1v) is 15.7. The summed E-state index contributed by atoms with van der Waals surface area (Å²) in [6.45, 7) is 7.97. The van der Waals surface area contributed by atoms with E-state index in [1.165, 1.54) is 18.3 Å². The molecule has 1 aromatic carbocycles. The van der Waals surface area contributed by atoms with E-state index in [9.17, 15) is 13.2 Å². The number of rotatable bonds is 11. The monoisotopic (exact) mass is 585 g/mol. The lowest BCUT2D eigenvalue weighted by Crippen LogP contribution is -2.50. The van der Waals surface area contributed by atoms with Crippen LogP contribution in [0.3, 0.4) is 0 Å². The summed E-state index contributed by atoms with van der Waals surface area (Å²) in [7, 11) is -1.93. The van der Waals surface area contributed by atoms with Crippen LogP contribution in [0.4, 0.5) is 15.8 Å². The van der Waals surface area contributed by atoms with E-state index in [0.29, 0.717) is 54.8 Å². The van der Waals surface area contributed by atoms with Gasteiger partial charge in [-0.15, -0.1) is 0 Å². The molecule has 220 valence electrons. The number of aromatic nitrogens is 2. The van der Waals surface area contributed by atoms with Gasteiger partial charge in [0, 0.05) is 67.2 Å². The standard InChI is InChI=1S/C29H36FN5O5S/c1-6-39-16-18-12-29(13-18)26-21-10-20(22(30)11-23(21)32-15-25(26)35(4)28(29)36)19-9-24(34-41(5,37)38)27(33-14-19)40-8-7-31-17(2)3/h9-11,14-15,17-18,31,34H,6-8,12-13,16H2,1-5H3/t18-,29+. The second-order valence-electron chi connectivity index (χ2n) is 11.2. The SMILES string of the molecule is CCOC[C@H]1C[C@]2(C1)C(=O)N(C)c1cnc3cc(F)c(-c4cnc(OCCNC(C)C)c(NS(C)(=O)=O)c4)cc3c12. The zero-order valence-electron chi connectivity index (χ0n) is 24.0. The van der Waals surface area contributed by atoms with E-state index in [0.717, 1.165) is 11.8 Å². The lowest BCUT2D eigenvalue weighted by molar-refractivity contribution is -0.128. The number of likely N-dealkylation sites (N-methyl/N-ethyl adjacent to an activating group) is 1. The van der Waals surface area contributed by atoms with E-state index in [1.54, 1.807) is 24.2 Å². The summed E-state index contributed by atoms with van der Waals surface area (Å²) < 4.78 is 53.6. The summed E-state index contributed by atoms with van der Waals surface area (Å²) in [5.74, 6) is -0.176. The Hall–Kier alpha value is -3.35. The minimum absolute atomic E-state index is 0.00943. The number of amides is 1. The summed E-state index contributed by atoms with van der Waals surface area (Å²) in [6, 6.07) is 4.81. The lowest BCUT2D eigenvalue weighted by atomic mass is 9.58. The summed E-state index contributed by atoms with van der Waals surface area (Å²) >= 11 is 0. The number of anilines is 2. The molecule has 0 bridgehead atoms. The lowest BCUT2D eigenvalue weighted by Gasteiger charge is -2.44. The molecule has 0 radical (unpaired) electrons. The maximum atomic E-state index is 15.6. The molecule has 1 aliphatic heterocycles. The molecule has 3 heterocycles. The quantitative estimate of drug-likeness (QED) is 0.326. The number of nitrogens with one attached hydrogen (secondary N) is 2. The Morgan fingerprint density at radius 1 is 1.20 bits per heavy atom. The second kappa shape index (κ2) is 11.1. The molecule has 1 fully saturated rings. The topological polar surface area (TPSA) is 123 Å². The van der Waals surface area contributed by atoms with E-state index in [2.05, 4.69) is 20.0 Å². The van der Waals surface area contributed by atoms with Gasteiger partial charge in [-0.3, -0.25) is 14.5 Å². The summed E-state index contributed by atoms with van der Waals surface area (Å²) in [6.07, 6.45) is 5.41. The first-order chi connectivity index (χ1) is 19.4. The van der Waals surface area contributed by atoms with Gasteiger partial charge in [0.25, 0.3) is 0 Å². The Morgan fingerprint density at radius 3 is 2.63 bits per heavy atom. The molecule has 10 nitrogen and oxygen atoms in total. The van der Waals surface area contributed by atoms with E-state index in [4.69, 9.17) is 9.47 Å². The molecule has 5 rings (SSSR count). The first kappa shape index (κ1) is 29.2. The molecule has 1 amide bonds. The van der Waals surface area contributed by atoms with E-state index in [1.807, 2.05) is 20.8 Å². The van der Waals surface area contributed by atoms with Crippen LogP contribution in [0.2, 0.25) is 0 Å². The molecule has 2 aliphatic rings. The Kier molecular flexibility index (Phi) is 7.92. The summed E-state index contributed by atoms with van der Waals surface area (Å²) in [4.78, 5) is 23.9. The highest BCUT2D eigenvalue weighted by atomic mass is 32.2. The molecular weight excluding hydrogens is 549 g/mol. The van der Waals surface area contributed by atoms with Gasteiger partial charge in [-0.1, -0.05) is 13.8 Å². The van der Waals surface area contributed by atoms with Crippen LogP contribution in [0.25, 0.3) is 22.0 Å². The van der Waals surface area contributed by atoms with E-state index >= 15 is 4.39 Å². The number of sulfonamides is 1. The fourth-order valence-electron chi connectivity index (χ4n) is 5.91. The Labute approximate surface area is 239 Å². The minimum Gasteiger partial charge on any atom is -0.475 e. The van der Waals surface area contributed by atoms with Crippen LogP contribution in [-0.4, -0.2) is 70.0 Å². The van der Waals surface area contributed by atoms with Crippen LogP contribution in [0.5, 0.6) is 5.88 Å². The number of benzene rings is 1. The fourth-order valence-corrected chi connectivity index (χ4v) is 6.45. The van der Waals surface area contributed by atoms with E-state index in [-0.39, 0.29) is 41.6 Å². The van der Waals surface area contributed by atoms with Gasteiger partial charge in [0.15, 0.2) is 0 Å². The smallest absolute Gasteiger partial charge is 0.238 e. The van der Waals surface area contributed by atoms with Crippen molar-refractivity contribution in [3.8, 4) is 17.0 Å². The molecule has 1 saturated carbocycles. The minimum atomic E-state index is -3.67. The average Bonchev–Trinajstić information content (AvgIpc) is 3.11. The Bertz CT molecular complexity index is 1590. The third-order valence-electron chi connectivity index (χ3n) is 7.67.